The third-order valence-corrected chi connectivity index (χ3v) is 3.56. The van der Waals surface area contributed by atoms with Gasteiger partial charge in [-0.05, 0) is 6.92 Å². The molecule has 2 heterocycles. The fraction of sp³-hybridized carbons (Fsp3) is 0.538. The Hall–Kier alpha value is -1.37. The number of aromatic nitrogens is 4. The maximum Gasteiger partial charge on any atom is 0.0953 e. The van der Waals surface area contributed by atoms with Crippen molar-refractivity contribution in [3.05, 3.63) is 34.6 Å². The molecule has 2 rings (SSSR count). The SMILES string of the molecule is COCCNCc1cn(Cc2c(Cl)c(C)nn2C)cn1. The average molecular weight is 298 g/mol. The fourth-order valence-electron chi connectivity index (χ4n) is 2.00. The molecule has 0 aromatic carbocycles. The molecule has 1 N–H and O–H groups in total. The first kappa shape index (κ1) is 15.0. The number of halogens is 1. The molecule has 0 aliphatic rings. The molecule has 0 aliphatic heterocycles. The van der Waals surface area contributed by atoms with Gasteiger partial charge in [0.25, 0.3) is 0 Å². The molecule has 110 valence electrons. The van der Waals surface area contributed by atoms with Crippen molar-refractivity contribution >= 4 is 11.6 Å². The first-order valence-electron chi connectivity index (χ1n) is 6.50. The lowest BCUT2D eigenvalue weighted by Crippen LogP contribution is -2.18. The van der Waals surface area contributed by atoms with Crippen molar-refractivity contribution in [2.24, 2.45) is 7.05 Å². The first-order chi connectivity index (χ1) is 9.61. The molecule has 0 unspecified atom stereocenters. The number of methoxy groups -OCH3 is 1. The van der Waals surface area contributed by atoms with Gasteiger partial charge in [0.1, 0.15) is 0 Å². The minimum absolute atomic E-state index is 0.668. The van der Waals surface area contributed by atoms with E-state index in [2.05, 4.69) is 15.4 Å². The summed E-state index contributed by atoms with van der Waals surface area (Å²) in [4.78, 5) is 4.36. The van der Waals surface area contributed by atoms with E-state index < -0.39 is 0 Å². The van der Waals surface area contributed by atoms with E-state index in [4.69, 9.17) is 16.3 Å². The number of nitrogens with one attached hydrogen (secondary N) is 1. The molecular weight excluding hydrogens is 278 g/mol. The third-order valence-electron chi connectivity index (χ3n) is 3.07. The van der Waals surface area contributed by atoms with Crippen molar-refractivity contribution in [3.63, 3.8) is 0 Å². The molecule has 20 heavy (non-hydrogen) atoms. The number of rotatable bonds is 7. The van der Waals surface area contributed by atoms with Crippen LogP contribution in [0.25, 0.3) is 0 Å². The zero-order valence-corrected chi connectivity index (χ0v) is 12.8. The molecular formula is C13H20ClN5O. The Labute approximate surface area is 123 Å². The van der Waals surface area contributed by atoms with Gasteiger partial charge in [-0.15, -0.1) is 0 Å². The van der Waals surface area contributed by atoms with E-state index in [1.54, 1.807) is 7.11 Å². The van der Waals surface area contributed by atoms with Crippen molar-refractivity contribution in [1.82, 2.24) is 24.6 Å². The molecule has 6 nitrogen and oxygen atoms in total. The summed E-state index contributed by atoms with van der Waals surface area (Å²) in [5.74, 6) is 0. The van der Waals surface area contributed by atoms with Crippen LogP contribution in [0.1, 0.15) is 17.1 Å². The van der Waals surface area contributed by atoms with Crippen LogP contribution in [0.15, 0.2) is 12.5 Å². The van der Waals surface area contributed by atoms with Gasteiger partial charge in [0.2, 0.25) is 0 Å². The normalized spacial score (nSPS) is 11.2. The molecule has 7 heteroatoms. The fourth-order valence-corrected chi connectivity index (χ4v) is 2.22. The van der Waals surface area contributed by atoms with Crippen LogP contribution in [0.4, 0.5) is 0 Å². The van der Waals surface area contributed by atoms with Crippen molar-refractivity contribution in [3.8, 4) is 0 Å². The Morgan fingerprint density at radius 1 is 1.45 bits per heavy atom. The number of hydrogen-bond donors (Lipinski definition) is 1. The van der Waals surface area contributed by atoms with Gasteiger partial charge < -0.3 is 14.6 Å². The maximum absolute atomic E-state index is 6.25. The quantitative estimate of drug-likeness (QED) is 0.784. The lowest BCUT2D eigenvalue weighted by Gasteiger charge is -2.04. The molecule has 2 aromatic heterocycles. The Morgan fingerprint density at radius 2 is 2.25 bits per heavy atom. The largest absolute Gasteiger partial charge is 0.383 e. The zero-order chi connectivity index (χ0) is 14.5. The molecule has 0 radical (unpaired) electrons. The van der Waals surface area contributed by atoms with Crippen LogP contribution >= 0.6 is 11.6 Å². The summed E-state index contributed by atoms with van der Waals surface area (Å²) in [6.07, 6.45) is 3.82. The molecule has 0 saturated carbocycles. The summed E-state index contributed by atoms with van der Waals surface area (Å²) in [6, 6.07) is 0. The van der Waals surface area contributed by atoms with Crippen LogP contribution < -0.4 is 5.32 Å². The molecule has 0 aliphatic carbocycles. The van der Waals surface area contributed by atoms with E-state index in [1.807, 2.05) is 35.7 Å². The predicted molar refractivity (Wildman–Crippen MR) is 77.9 cm³/mol. The molecule has 0 fully saturated rings. The third kappa shape index (κ3) is 3.59. The summed E-state index contributed by atoms with van der Waals surface area (Å²) in [5.41, 5.74) is 2.84. The average Bonchev–Trinajstić information content (AvgIpc) is 2.96. The number of aryl methyl sites for hydroxylation is 2. The van der Waals surface area contributed by atoms with Gasteiger partial charge in [0, 0.05) is 33.4 Å². The first-order valence-corrected chi connectivity index (χ1v) is 6.88. The second kappa shape index (κ2) is 6.88. The van der Waals surface area contributed by atoms with Crippen LogP contribution in [0, 0.1) is 6.92 Å². The van der Waals surface area contributed by atoms with Crippen LogP contribution in [0.2, 0.25) is 5.02 Å². The Morgan fingerprint density at radius 3 is 2.90 bits per heavy atom. The summed E-state index contributed by atoms with van der Waals surface area (Å²) < 4.78 is 8.80. The van der Waals surface area contributed by atoms with E-state index in [0.717, 1.165) is 35.2 Å². The standard InChI is InChI=1S/C13H20ClN5O/c1-10-13(14)12(18(2)17-10)8-19-7-11(16-9-19)6-15-4-5-20-3/h7,9,15H,4-6,8H2,1-3H3. The van der Waals surface area contributed by atoms with Crippen molar-refractivity contribution in [2.75, 3.05) is 20.3 Å². The molecule has 2 aromatic rings. The van der Waals surface area contributed by atoms with E-state index in [0.29, 0.717) is 13.2 Å². The van der Waals surface area contributed by atoms with Crippen molar-refractivity contribution < 1.29 is 4.74 Å². The number of imidazole rings is 1. The lowest BCUT2D eigenvalue weighted by atomic mass is 10.3. The number of nitrogens with zero attached hydrogens (tertiary/aromatic N) is 4. The monoisotopic (exact) mass is 297 g/mol. The second-order valence-electron chi connectivity index (χ2n) is 4.68. The van der Waals surface area contributed by atoms with Crippen LogP contribution in [-0.4, -0.2) is 39.6 Å². The van der Waals surface area contributed by atoms with Gasteiger partial charge in [-0.3, -0.25) is 4.68 Å². The smallest absolute Gasteiger partial charge is 0.0953 e. The van der Waals surface area contributed by atoms with Crippen LogP contribution in [0.5, 0.6) is 0 Å². The van der Waals surface area contributed by atoms with Gasteiger partial charge in [0.15, 0.2) is 0 Å². The van der Waals surface area contributed by atoms with Gasteiger partial charge in [-0.2, -0.15) is 5.10 Å². The summed E-state index contributed by atoms with van der Waals surface area (Å²) in [5, 5.41) is 8.29. The van der Waals surface area contributed by atoms with Gasteiger partial charge >= 0.3 is 0 Å². The van der Waals surface area contributed by atoms with Crippen molar-refractivity contribution in [2.45, 2.75) is 20.0 Å². The highest BCUT2D eigenvalue weighted by Crippen LogP contribution is 2.20. The van der Waals surface area contributed by atoms with E-state index in [1.165, 1.54) is 0 Å². The minimum Gasteiger partial charge on any atom is -0.383 e. The molecule has 0 atom stereocenters. The minimum atomic E-state index is 0.668. The van der Waals surface area contributed by atoms with Crippen LogP contribution in [0.3, 0.4) is 0 Å². The highest BCUT2D eigenvalue weighted by molar-refractivity contribution is 6.31. The highest BCUT2D eigenvalue weighted by atomic mass is 35.5. The number of hydrogen-bond acceptors (Lipinski definition) is 4. The highest BCUT2D eigenvalue weighted by Gasteiger charge is 2.11. The molecule has 0 spiro atoms. The summed E-state index contributed by atoms with van der Waals surface area (Å²) >= 11 is 6.25. The molecule has 0 saturated heterocycles. The lowest BCUT2D eigenvalue weighted by molar-refractivity contribution is 0.199. The Balaban J connectivity index is 1.95. The van der Waals surface area contributed by atoms with Gasteiger partial charge in [-0.1, -0.05) is 11.6 Å². The van der Waals surface area contributed by atoms with Gasteiger partial charge in [-0.25, -0.2) is 4.98 Å². The van der Waals surface area contributed by atoms with E-state index >= 15 is 0 Å². The van der Waals surface area contributed by atoms with Crippen LogP contribution in [-0.2, 0) is 24.9 Å². The van der Waals surface area contributed by atoms with E-state index in [9.17, 15) is 0 Å². The predicted octanol–water partition coefficient (Wildman–Crippen LogP) is 1.36. The molecule has 0 bridgehead atoms. The Bertz CT molecular complexity index is 563. The zero-order valence-electron chi connectivity index (χ0n) is 12.1. The maximum atomic E-state index is 6.25. The summed E-state index contributed by atoms with van der Waals surface area (Å²) in [6.45, 7) is 4.82. The van der Waals surface area contributed by atoms with E-state index in [-0.39, 0.29) is 0 Å². The Kier molecular flexibility index (Phi) is 5.17. The number of ether oxygens (including phenoxy) is 1. The topological polar surface area (TPSA) is 56.9 Å². The van der Waals surface area contributed by atoms with Gasteiger partial charge in [0.05, 0.1) is 41.6 Å². The summed E-state index contributed by atoms with van der Waals surface area (Å²) in [7, 11) is 3.59. The second-order valence-corrected chi connectivity index (χ2v) is 5.05. The van der Waals surface area contributed by atoms with Crippen molar-refractivity contribution in [1.29, 1.82) is 0 Å². The molecule has 0 amide bonds.